The number of carbonyl (C=O) groups excluding carboxylic acids is 1. The van der Waals surface area contributed by atoms with Gasteiger partial charge in [0.15, 0.2) is 18.1 Å². The highest BCUT2D eigenvalue weighted by molar-refractivity contribution is 5.94. The third-order valence-electron chi connectivity index (χ3n) is 3.11. The number of rotatable bonds is 5. The molecule has 7 heteroatoms. The highest BCUT2D eigenvalue weighted by Gasteiger charge is 2.14. The van der Waals surface area contributed by atoms with Crippen LogP contribution in [0.2, 0.25) is 0 Å². The molecular weight excluding hydrogens is 302 g/mol. The molecule has 0 aromatic heterocycles. The predicted octanol–water partition coefficient (Wildman–Crippen LogP) is 2.13. The van der Waals surface area contributed by atoms with E-state index in [1.807, 2.05) is 0 Å². The van der Waals surface area contributed by atoms with E-state index in [0.717, 1.165) is 0 Å². The van der Waals surface area contributed by atoms with Crippen LogP contribution in [0, 0.1) is 0 Å². The molecule has 0 radical (unpaired) electrons. The second-order valence-electron chi connectivity index (χ2n) is 4.74. The van der Waals surface area contributed by atoms with Crippen molar-refractivity contribution < 1.29 is 28.9 Å². The summed E-state index contributed by atoms with van der Waals surface area (Å²) < 4.78 is 15.8. The summed E-state index contributed by atoms with van der Waals surface area (Å²) in [5.41, 5.74) is 0.490. The summed E-state index contributed by atoms with van der Waals surface area (Å²) in [6, 6.07) is 11.0. The van der Waals surface area contributed by atoms with Gasteiger partial charge >= 0.3 is 5.97 Å². The number of carbonyl (C=O) groups is 2. The molecule has 0 aliphatic carbocycles. The van der Waals surface area contributed by atoms with Crippen LogP contribution in [0.5, 0.6) is 17.2 Å². The molecule has 2 N–H and O–H groups in total. The summed E-state index contributed by atoms with van der Waals surface area (Å²) in [7, 11) is 0. The molecule has 3 rings (SSSR count). The summed E-state index contributed by atoms with van der Waals surface area (Å²) in [6.07, 6.45) is 0. The van der Waals surface area contributed by atoms with E-state index in [-0.39, 0.29) is 19.0 Å². The summed E-state index contributed by atoms with van der Waals surface area (Å²) in [5, 5.41) is 11.5. The molecule has 1 amide bonds. The maximum Gasteiger partial charge on any atom is 0.335 e. The Morgan fingerprint density at radius 3 is 2.78 bits per heavy atom. The van der Waals surface area contributed by atoms with Crippen LogP contribution in [0.15, 0.2) is 42.5 Å². The molecule has 2 aromatic rings. The van der Waals surface area contributed by atoms with E-state index in [2.05, 4.69) is 5.32 Å². The van der Waals surface area contributed by atoms with Gasteiger partial charge in [0.2, 0.25) is 6.79 Å². The third kappa shape index (κ3) is 3.52. The van der Waals surface area contributed by atoms with Gasteiger partial charge < -0.3 is 24.6 Å². The minimum atomic E-state index is -1.06. The predicted molar refractivity (Wildman–Crippen MR) is 80.1 cm³/mol. The van der Waals surface area contributed by atoms with Crippen LogP contribution in [0.1, 0.15) is 10.4 Å². The lowest BCUT2D eigenvalue weighted by Crippen LogP contribution is -2.20. The molecule has 2 aromatic carbocycles. The average molecular weight is 315 g/mol. The molecule has 0 unspecified atom stereocenters. The second-order valence-corrected chi connectivity index (χ2v) is 4.74. The van der Waals surface area contributed by atoms with Gasteiger partial charge in [0.1, 0.15) is 5.75 Å². The van der Waals surface area contributed by atoms with Gasteiger partial charge in [-0.1, -0.05) is 6.07 Å². The Morgan fingerprint density at radius 2 is 1.96 bits per heavy atom. The van der Waals surface area contributed by atoms with E-state index in [1.54, 1.807) is 30.3 Å². The highest BCUT2D eigenvalue weighted by atomic mass is 16.7. The van der Waals surface area contributed by atoms with Crippen molar-refractivity contribution in [2.75, 3.05) is 18.7 Å². The Balaban J connectivity index is 1.57. The van der Waals surface area contributed by atoms with Crippen LogP contribution in [0.3, 0.4) is 0 Å². The molecule has 0 atom stereocenters. The first-order chi connectivity index (χ1) is 11.1. The molecule has 118 valence electrons. The molecule has 0 fully saturated rings. The van der Waals surface area contributed by atoms with Crippen LogP contribution in [0.4, 0.5) is 5.69 Å². The number of anilines is 1. The van der Waals surface area contributed by atoms with E-state index in [9.17, 15) is 9.59 Å². The van der Waals surface area contributed by atoms with Crippen molar-refractivity contribution in [2.24, 2.45) is 0 Å². The summed E-state index contributed by atoms with van der Waals surface area (Å²) >= 11 is 0. The van der Waals surface area contributed by atoms with Crippen molar-refractivity contribution >= 4 is 17.6 Å². The Hall–Kier alpha value is -3.22. The quantitative estimate of drug-likeness (QED) is 0.878. The fourth-order valence-corrected chi connectivity index (χ4v) is 2.04. The average Bonchev–Trinajstić information content (AvgIpc) is 3.01. The van der Waals surface area contributed by atoms with E-state index >= 15 is 0 Å². The van der Waals surface area contributed by atoms with Crippen molar-refractivity contribution in [3.05, 3.63) is 48.0 Å². The smallest absolute Gasteiger partial charge is 0.335 e. The SMILES string of the molecule is O=C(COc1ccc2c(c1)OCO2)Nc1cccc(C(=O)O)c1. The number of hydrogen-bond acceptors (Lipinski definition) is 5. The van der Waals surface area contributed by atoms with E-state index in [1.165, 1.54) is 12.1 Å². The van der Waals surface area contributed by atoms with Gasteiger partial charge in [0.25, 0.3) is 5.91 Å². The zero-order valence-corrected chi connectivity index (χ0v) is 11.9. The molecular formula is C16H13NO6. The van der Waals surface area contributed by atoms with Gasteiger partial charge in [-0.15, -0.1) is 0 Å². The molecule has 0 spiro atoms. The summed E-state index contributed by atoms with van der Waals surface area (Å²) in [4.78, 5) is 22.7. The van der Waals surface area contributed by atoms with Crippen LogP contribution >= 0.6 is 0 Å². The van der Waals surface area contributed by atoms with Crippen LogP contribution < -0.4 is 19.5 Å². The molecule has 7 nitrogen and oxygen atoms in total. The topological polar surface area (TPSA) is 94.1 Å². The molecule has 23 heavy (non-hydrogen) atoms. The fourth-order valence-electron chi connectivity index (χ4n) is 2.04. The number of ether oxygens (including phenoxy) is 3. The lowest BCUT2D eigenvalue weighted by atomic mass is 10.2. The van der Waals surface area contributed by atoms with Gasteiger partial charge in [-0.05, 0) is 30.3 Å². The standard InChI is InChI=1S/C16H13NO6/c18-15(17-11-3-1-2-10(6-11)16(19)20)8-21-12-4-5-13-14(7-12)23-9-22-13/h1-7H,8-9H2,(H,17,18)(H,19,20). The third-order valence-corrected chi connectivity index (χ3v) is 3.11. The van der Waals surface area contributed by atoms with Crippen molar-refractivity contribution in [2.45, 2.75) is 0 Å². The van der Waals surface area contributed by atoms with Gasteiger partial charge in [0.05, 0.1) is 5.56 Å². The molecule has 0 saturated carbocycles. The number of carboxylic acids is 1. The Morgan fingerprint density at radius 1 is 1.13 bits per heavy atom. The van der Waals surface area contributed by atoms with Gasteiger partial charge in [-0.2, -0.15) is 0 Å². The Bertz CT molecular complexity index is 758. The van der Waals surface area contributed by atoms with Gasteiger partial charge in [-0.3, -0.25) is 4.79 Å². The van der Waals surface area contributed by atoms with Crippen molar-refractivity contribution in [1.29, 1.82) is 0 Å². The zero-order valence-electron chi connectivity index (χ0n) is 11.9. The minimum absolute atomic E-state index is 0.0967. The normalized spacial score (nSPS) is 11.8. The molecule has 1 aliphatic rings. The number of amides is 1. The number of hydrogen-bond donors (Lipinski definition) is 2. The lowest BCUT2D eigenvalue weighted by Gasteiger charge is -2.08. The molecule has 0 bridgehead atoms. The van der Waals surface area contributed by atoms with E-state index < -0.39 is 11.9 Å². The van der Waals surface area contributed by atoms with Gasteiger partial charge in [0, 0.05) is 11.8 Å². The van der Waals surface area contributed by atoms with Crippen LogP contribution in [0.25, 0.3) is 0 Å². The first kappa shape index (κ1) is 14.7. The first-order valence-electron chi connectivity index (χ1n) is 6.77. The summed E-state index contributed by atoms with van der Waals surface area (Å²) in [5.74, 6) is 0.218. The first-order valence-corrected chi connectivity index (χ1v) is 6.77. The molecule has 1 aliphatic heterocycles. The van der Waals surface area contributed by atoms with Crippen molar-refractivity contribution in [3.63, 3.8) is 0 Å². The Labute approximate surface area is 131 Å². The van der Waals surface area contributed by atoms with E-state index in [0.29, 0.717) is 22.9 Å². The number of benzene rings is 2. The van der Waals surface area contributed by atoms with E-state index in [4.69, 9.17) is 19.3 Å². The highest BCUT2D eigenvalue weighted by Crippen LogP contribution is 2.35. The number of fused-ring (bicyclic) bond motifs is 1. The largest absolute Gasteiger partial charge is 0.484 e. The van der Waals surface area contributed by atoms with Crippen LogP contribution in [-0.2, 0) is 4.79 Å². The van der Waals surface area contributed by atoms with Gasteiger partial charge in [-0.25, -0.2) is 4.79 Å². The Kier molecular flexibility index (Phi) is 4.01. The number of aromatic carboxylic acids is 1. The number of nitrogens with one attached hydrogen (secondary N) is 1. The van der Waals surface area contributed by atoms with Crippen molar-refractivity contribution in [1.82, 2.24) is 0 Å². The minimum Gasteiger partial charge on any atom is -0.484 e. The lowest BCUT2D eigenvalue weighted by molar-refractivity contribution is -0.118. The van der Waals surface area contributed by atoms with Crippen molar-refractivity contribution in [3.8, 4) is 17.2 Å². The zero-order chi connectivity index (χ0) is 16.2. The number of carboxylic acid groups (broad SMARTS) is 1. The molecule has 0 saturated heterocycles. The fraction of sp³-hybridized carbons (Fsp3) is 0.125. The molecule has 1 heterocycles. The maximum atomic E-state index is 11.9. The maximum absolute atomic E-state index is 11.9. The second kappa shape index (κ2) is 6.27. The van der Waals surface area contributed by atoms with Crippen LogP contribution in [-0.4, -0.2) is 30.4 Å². The monoisotopic (exact) mass is 315 g/mol. The summed E-state index contributed by atoms with van der Waals surface area (Å²) in [6.45, 7) is -0.0455.